The smallest absolute Gasteiger partial charge is 0.0705 e. The predicted molar refractivity (Wildman–Crippen MR) is 84.8 cm³/mol. The highest BCUT2D eigenvalue weighted by atomic mass is 35.5. The minimum absolute atomic E-state index is 0. The molecule has 2 aromatic rings. The number of benzene rings is 1. The average molecular weight is 279 g/mol. The van der Waals surface area contributed by atoms with E-state index in [2.05, 4.69) is 41.5 Å². The molecule has 0 bridgehead atoms. The molecule has 0 saturated heterocycles. The Balaban J connectivity index is 0.00000180. The van der Waals surface area contributed by atoms with Crippen LogP contribution in [-0.2, 0) is 6.54 Å². The fourth-order valence-corrected chi connectivity index (χ4v) is 2.21. The first-order valence-electron chi connectivity index (χ1n) is 6.95. The fraction of sp³-hybridized carbons (Fsp3) is 0.438. The van der Waals surface area contributed by atoms with Gasteiger partial charge in [-0.05, 0) is 30.7 Å². The largest absolute Gasteiger partial charge is 0.313 e. The Bertz CT molecular complexity index is 480. The minimum Gasteiger partial charge on any atom is -0.313 e. The molecule has 2 rings (SSSR count). The molecule has 3 heteroatoms. The van der Waals surface area contributed by atoms with Gasteiger partial charge in [0.1, 0.15) is 0 Å². The molecule has 1 heterocycles. The molecule has 0 saturated carbocycles. The van der Waals surface area contributed by atoms with Crippen LogP contribution in [0.1, 0.15) is 38.2 Å². The Labute approximate surface area is 122 Å². The van der Waals surface area contributed by atoms with Crippen molar-refractivity contribution in [3.05, 3.63) is 42.1 Å². The normalized spacial score (nSPS) is 10.4. The molecule has 1 N–H and O–H groups in total. The summed E-state index contributed by atoms with van der Waals surface area (Å²) in [6, 6.07) is 10.4. The number of pyridine rings is 1. The number of nitrogens with zero attached hydrogens (tertiary/aromatic N) is 1. The van der Waals surface area contributed by atoms with Crippen molar-refractivity contribution in [2.75, 3.05) is 6.54 Å². The third-order valence-corrected chi connectivity index (χ3v) is 3.26. The van der Waals surface area contributed by atoms with E-state index in [0.29, 0.717) is 0 Å². The number of para-hydroxylation sites is 1. The van der Waals surface area contributed by atoms with Crippen molar-refractivity contribution in [2.24, 2.45) is 0 Å². The molecule has 0 amide bonds. The van der Waals surface area contributed by atoms with Crippen LogP contribution in [-0.4, -0.2) is 11.5 Å². The Morgan fingerprint density at radius 3 is 2.74 bits per heavy atom. The third-order valence-electron chi connectivity index (χ3n) is 3.26. The summed E-state index contributed by atoms with van der Waals surface area (Å²) < 4.78 is 0. The number of fused-ring (bicyclic) bond motifs is 1. The molecule has 104 valence electrons. The molecule has 0 fully saturated rings. The SMILES string of the molecule is CCCCCCNCc1ccnc2ccccc12.Cl. The van der Waals surface area contributed by atoms with E-state index in [1.54, 1.807) is 0 Å². The van der Waals surface area contributed by atoms with Gasteiger partial charge in [0.2, 0.25) is 0 Å². The van der Waals surface area contributed by atoms with Crippen molar-refractivity contribution in [1.82, 2.24) is 10.3 Å². The van der Waals surface area contributed by atoms with Gasteiger partial charge in [0.05, 0.1) is 5.52 Å². The van der Waals surface area contributed by atoms with Gasteiger partial charge >= 0.3 is 0 Å². The molecule has 1 aromatic heterocycles. The number of unbranched alkanes of at least 4 members (excludes halogenated alkanes) is 3. The third kappa shape index (κ3) is 4.81. The molecule has 0 spiro atoms. The summed E-state index contributed by atoms with van der Waals surface area (Å²) in [5.41, 5.74) is 2.43. The number of halogens is 1. The maximum absolute atomic E-state index is 4.38. The van der Waals surface area contributed by atoms with Gasteiger partial charge in [0.25, 0.3) is 0 Å². The molecular formula is C16H23ClN2. The molecule has 0 aliphatic heterocycles. The van der Waals surface area contributed by atoms with E-state index in [1.807, 2.05) is 12.3 Å². The van der Waals surface area contributed by atoms with E-state index in [-0.39, 0.29) is 12.4 Å². The highest BCUT2D eigenvalue weighted by Crippen LogP contribution is 2.15. The number of hydrogen-bond donors (Lipinski definition) is 1. The van der Waals surface area contributed by atoms with Crippen molar-refractivity contribution >= 4 is 23.3 Å². The topological polar surface area (TPSA) is 24.9 Å². The van der Waals surface area contributed by atoms with Gasteiger partial charge < -0.3 is 5.32 Å². The van der Waals surface area contributed by atoms with Gasteiger partial charge in [0, 0.05) is 18.1 Å². The quantitative estimate of drug-likeness (QED) is 0.763. The molecule has 0 unspecified atom stereocenters. The Morgan fingerprint density at radius 1 is 1.05 bits per heavy atom. The summed E-state index contributed by atoms with van der Waals surface area (Å²) in [6.07, 6.45) is 7.16. The second-order valence-electron chi connectivity index (χ2n) is 4.72. The molecule has 0 aliphatic rings. The van der Waals surface area contributed by atoms with Gasteiger partial charge in [-0.3, -0.25) is 4.98 Å². The Morgan fingerprint density at radius 2 is 1.89 bits per heavy atom. The van der Waals surface area contributed by atoms with Crippen LogP contribution in [0.4, 0.5) is 0 Å². The second kappa shape index (κ2) is 8.89. The molecule has 0 radical (unpaired) electrons. The molecule has 19 heavy (non-hydrogen) atoms. The van der Waals surface area contributed by atoms with Gasteiger partial charge in [-0.15, -0.1) is 12.4 Å². The lowest BCUT2D eigenvalue weighted by atomic mass is 10.1. The molecular weight excluding hydrogens is 256 g/mol. The van der Waals surface area contributed by atoms with Gasteiger partial charge in [0.15, 0.2) is 0 Å². The van der Waals surface area contributed by atoms with Crippen molar-refractivity contribution in [3.63, 3.8) is 0 Å². The number of hydrogen-bond acceptors (Lipinski definition) is 2. The molecule has 2 nitrogen and oxygen atoms in total. The van der Waals surface area contributed by atoms with Gasteiger partial charge in [-0.25, -0.2) is 0 Å². The van der Waals surface area contributed by atoms with Crippen LogP contribution in [0, 0.1) is 0 Å². The van der Waals surface area contributed by atoms with Gasteiger partial charge in [-0.2, -0.15) is 0 Å². The standard InChI is InChI=1S/C16H22N2.ClH/c1-2-3-4-7-11-17-13-14-10-12-18-16-9-6-5-8-15(14)16;/h5-6,8-10,12,17H,2-4,7,11,13H2,1H3;1H. The Hall–Kier alpha value is -1.12. The number of aromatic nitrogens is 1. The number of nitrogens with one attached hydrogen (secondary N) is 1. The summed E-state index contributed by atoms with van der Waals surface area (Å²) in [4.78, 5) is 4.38. The summed E-state index contributed by atoms with van der Waals surface area (Å²) >= 11 is 0. The van der Waals surface area contributed by atoms with Crippen LogP contribution < -0.4 is 5.32 Å². The molecule has 1 aromatic carbocycles. The predicted octanol–water partition coefficient (Wildman–Crippen LogP) is 4.33. The van der Waals surface area contributed by atoms with E-state index >= 15 is 0 Å². The maximum Gasteiger partial charge on any atom is 0.0705 e. The highest BCUT2D eigenvalue weighted by molar-refractivity contribution is 5.85. The zero-order valence-corrected chi connectivity index (χ0v) is 12.4. The summed E-state index contributed by atoms with van der Waals surface area (Å²) in [6.45, 7) is 4.29. The highest BCUT2D eigenvalue weighted by Gasteiger charge is 2.00. The minimum atomic E-state index is 0. The van der Waals surface area contributed by atoms with Crippen LogP contribution >= 0.6 is 12.4 Å². The lowest BCUT2D eigenvalue weighted by molar-refractivity contribution is 0.599. The van der Waals surface area contributed by atoms with E-state index in [0.717, 1.165) is 18.6 Å². The van der Waals surface area contributed by atoms with Crippen LogP contribution in [0.3, 0.4) is 0 Å². The van der Waals surface area contributed by atoms with Crippen molar-refractivity contribution < 1.29 is 0 Å². The average Bonchev–Trinajstić information content (AvgIpc) is 2.43. The zero-order valence-electron chi connectivity index (χ0n) is 11.6. The fourth-order valence-electron chi connectivity index (χ4n) is 2.21. The molecule has 0 atom stereocenters. The monoisotopic (exact) mass is 278 g/mol. The van der Waals surface area contributed by atoms with Crippen LogP contribution in [0.5, 0.6) is 0 Å². The summed E-state index contributed by atoms with van der Waals surface area (Å²) in [5, 5.41) is 4.79. The first-order valence-corrected chi connectivity index (χ1v) is 6.95. The molecule has 0 aliphatic carbocycles. The Kier molecular flexibility index (Phi) is 7.46. The lowest BCUT2D eigenvalue weighted by Crippen LogP contribution is -2.14. The first kappa shape index (κ1) is 15.9. The van der Waals surface area contributed by atoms with E-state index in [4.69, 9.17) is 0 Å². The van der Waals surface area contributed by atoms with E-state index in [9.17, 15) is 0 Å². The van der Waals surface area contributed by atoms with Crippen LogP contribution in [0.15, 0.2) is 36.5 Å². The lowest BCUT2D eigenvalue weighted by Gasteiger charge is -2.07. The van der Waals surface area contributed by atoms with Crippen molar-refractivity contribution in [1.29, 1.82) is 0 Å². The second-order valence-corrected chi connectivity index (χ2v) is 4.72. The zero-order chi connectivity index (χ0) is 12.6. The van der Waals surface area contributed by atoms with Gasteiger partial charge in [-0.1, -0.05) is 44.4 Å². The van der Waals surface area contributed by atoms with E-state index in [1.165, 1.54) is 36.6 Å². The summed E-state index contributed by atoms with van der Waals surface area (Å²) in [5.74, 6) is 0. The van der Waals surface area contributed by atoms with Crippen LogP contribution in [0.25, 0.3) is 10.9 Å². The van der Waals surface area contributed by atoms with Crippen molar-refractivity contribution in [2.45, 2.75) is 39.2 Å². The van der Waals surface area contributed by atoms with Crippen LogP contribution in [0.2, 0.25) is 0 Å². The van der Waals surface area contributed by atoms with E-state index < -0.39 is 0 Å². The number of rotatable bonds is 7. The maximum atomic E-state index is 4.38. The first-order chi connectivity index (χ1) is 8.92. The van der Waals surface area contributed by atoms with Crippen molar-refractivity contribution in [3.8, 4) is 0 Å². The summed E-state index contributed by atoms with van der Waals surface area (Å²) in [7, 11) is 0.